The second kappa shape index (κ2) is 6.09. The van der Waals surface area contributed by atoms with Crippen molar-refractivity contribution in [3.05, 3.63) is 30.3 Å². The molecule has 2 heterocycles. The molecule has 1 aliphatic heterocycles. The lowest BCUT2D eigenvalue weighted by atomic mass is 10.2. The van der Waals surface area contributed by atoms with Gasteiger partial charge in [-0.05, 0) is 69.2 Å². The Bertz CT molecular complexity index is 576. The number of benzene rings is 1. The number of hydrogen-bond acceptors (Lipinski definition) is 4. The molecule has 3 N–H and O–H groups in total. The zero-order valence-electron chi connectivity index (χ0n) is 11.8. The zero-order valence-corrected chi connectivity index (χ0v) is 11.8. The van der Waals surface area contributed by atoms with Crippen LogP contribution in [0.4, 0.5) is 11.5 Å². The van der Waals surface area contributed by atoms with Crippen LogP contribution >= 0.6 is 0 Å². The van der Waals surface area contributed by atoms with Gasteiger partial charge in [0.25, 0.3) is 0 Å². The minimum atomic E-state index is 0.783. The minimum absolute atomic E-state index is 0.783. The quantitative estimate of drug-likeness (QED) is 0.648. The van der Waals surface area contributed by atoms with Crippen LogP contribution in [0.25, 0.3) is 10.9 Å². The second-order valence-electron chi connectivity index (χ2n) is 5.48. The highest BCUT2D eigenvalue weighted by Crippen LogP contribution is 2.18. The summed E-state index contributed by atoms with van der Waals surface area (Å²) in [6.07, 6.45) is 3.90. The Hall–Kier alpha value is -1.81. The normalized spacial score (nSPS) is 15.8. The lowest BCUT2D eigenvalue weighted by Gasteiger charge is -2.14. The summed E-state index contributed by atoms with van der Waals surface area (Å²) >= 11 is 0. The van der Waals surface area contributed by atoms with E-state index >= 15 is 0 Å². The Morgan fingerprint density at radius 3 is 2.85 bits per heavy atom. The van der Waals surface area contributed by atoms with E-state index in [9.17, 15) is 0 Å². The molecule has 0 bridgehead atoms. The third-order valence-corrected chi connectivity index (χ3v) is 3.87. The Kier molecular flexibility index (Phi) is 4.02. The topological polar surface area (TPSA) is 54.2 Å². The zero-order chi connectivity index (χ0) is 13.8. The SMILES string of the molecule is Nc1ccc2nc(NCCCN3CCCC3)ccc2c1. The van der Waals surface area contributed by atoms with Crippen LogP contribution in [-0.4, -0.2) is 36.1 Å². The number of likely N-dealkylation sites (tertiary alicyclic amines) is 1. The number of nitrogen functional groups attached to an aromatic ring is 1. The van der Waals surface area contributed by atoms with E-state index in [0.717, 1.165) is 29.0 Å². The van der Waals surface area contributed by atoms with Gasteiger partial charge in [0.1, 0.15) is 5.82 Å². The van der Waals surface area contributed by atoms with Gasteiger partial charge in [0, 0.05) is 17.6 Å². The van der Waals surface area contributed by atoms with Gasteiger partial charge in [-0.1, -0.05) is 0 Å². The van der Waals surface area contributed by atoms with Crippen molar-refractivity contribution >= 4 is 22.4 Å². The Morgan fingerprint density at radius 1 is 1.15 bits per heavy atom. The molecule has 1 aromatic carbocycles. The fraction of sp³-hybridized carbons (Fsp3) is 0.438. The summed E-state index contributed by atoms with van der Waals surface area (Å²) in [5, 5.41) is 4.50. The van der Waals surface area contributed by atoms with E-state index in [4.69, 9.17) is 5.73 Å². The van der Waals surface area contributed by atoms with E-state index < -0.39 is 0 Å². The molecule has 1 aliphatic rings. The van der Waals surface area contributed by atoms with Crippen LogP contribution in [0.5, 0.6) is 0 Å². The van der Waals surface area contributed by atoms with Gasteiger partial charge < -0.3 is 16.0 Å². The predicted molar refractivity (Wildman–Crippen MR) is 84.9 cm³/mol. The summed E-state index contributed by atoms with van der Waals surface area (Å²) in [5.41, 5.74) is 7.54. The van der Waals surface area contributed by atoms with E-state index in [-0.39, 0.29) is 0 Å². The van der Waals surface area contributed by atoms with Gasteiger partial charge in [0.2, 0.25) is 0 Å². The number of hydrogen-bond donors (Lipinski definition) is 2. The number of rotatable bonds is 5. The maximum atomic E-state index is 5.77. The molecule has 4 heteroatoms. The molecule has 106 valence electrons. The summed E-state index contributed by atoms with van der Waals surface area (Å²) in [6.45, 7) is 4.71. The van der Waals surface area contributed by atoms with E-state index in [1.54, 1.807) is 0 Å². The van der Waals surface area contributed by atoms with Crippen LogP contribution in [0.2, 0.25) is 0 Å². The smallest absolute Gasteiger partial charge is 0.126 e. The molecule has 20 heavy (non-hydrogen) atoms. The van der Waals surface area contributed by atoms with Gasteiger partial charge >= 0.3 is 0 Å². The fourth-order valence-electron chi connectivity index (χ4n) is 2.77. The minimum Gasteiger partial charge on any atom is -0.399 e. The number of fused-ring (bicyclic) bond motifs is 1. The highest BCUT2D eigenvalue weighted by Gasteiger charge is 2.10. The third kappa shape index (κ3) is 3.20. The standard InChI is InChI=1S/C16H22N4/c17-14-5-6-15-13(12-14)4-7-16(19-15)18-8-3-11-20-9-1-2-10-20/h4-7,12H,1-3,8-11,17H2,(H,18,19). The summed E-state index contributed by atoms with van der Waals surface area (Å²) in [5.74, 6) is 0.948. The summed E-state index contributed by atoms with van der Waals surface area (Å²) in [4.78, 5) is 7.15. The van der Waals surface area contributed by atoms with Gasteiger partial charge in [-0.2, -0.15) is 0 Å². The number of aromatic nitrogens is 1. The van der Waals surface area contributed by atoms with E-state index in [0.29, 0.717) is 0 Å². The number of pyridine rings is 1. The average molecular weight is 270 g/mol. The van der Waals surface area contributed by atoms with Crippen LogP contribution in [0.3, 0.4) is 0 Å². The van der Waals surface area contributed by atoms with E-state index in [1.807, 2.05) is 24.3 Å². The average Bonchev–Trinajstić information content (AvgIpc) is 2.97. The fourth-order valence-corrected chi connectivity index (χ4v) is 2.77. The molecule has 0 atom stereocenters. The van der Waals surface area contributed by atoms with Crippen LogP contribution < -0.4 is 11.1 Å². The molecule has 0 aliphatic carbocycles. The predicted octanol–water partition coefficient (Wildman–Crippen LogP) is 2.71. The number of nitrogens with one attached hydrogen (secondary N) is 1. The molecule has 3 rings (SSSR count). The van der Waals surface area contributed by atoms with Crippen LogP contribution in [0, 0.1) is 0 Å². The lowest BCUT2D eigenvalue weighted by Crippen LogP contribution is -2.22. The monoisotopic (exact) mass is 270 g/mol. The van der Waals surface area contributed by atoms with Gasteiger partial charge in [0.05, 0.1) is 5.52 Å². The van der Waals surface area contributed by atoms with Crippen LogP contribution in [0.15, 0.2) is 30.3 Å². The second-order valence-corrected chi connectivity index (χ2v) is 5.48. The molecule has 0 saturated carbocycles. The molecule has 1 fully saturated rings. The first-order valence-electron chi connectivity index (χ1n) is 7.44. The van der Waals surface area contributed by atoms with Crippen molar-refractivity contribution in [3.8, 4) is 0 Å². The Labute approximate surface area is 120 Å². The first kappa shape index (κ1) is 13.2. The molecule has 0 spiro atoms. The van der Waals surface area contributed by atoms with Crippen molar-refractivity contribution in [2.75, 3.05) is 37.2 Å². The van der Waals surface area contributed by atoms with Crippen LogP contribution in [-0.2, 0) is 0 Å². The Balaban J connectivity index is 1.53. The lowest BCUT2D eigenvalue weighted by molar-refractivity contribution is 0.337. The van der Waals surface area contributed by atoms with Crippen molar-refractivity contribution in [3.63, 3.8) is 0 Å². The number of anilines is 2. The highest BCUT2D eigenvalue weighted by atomic mass is 15.1. The van der Waals surface area contributed by atoms with Gasteiger partial charge in [-0.25, -0.2) is 4.98 Å². The first-order valence-corrected chi connectivity index (χ1v) is 7.44. The molecule has 0 amide bonds. The third-order valence-electron chi connectivity index (χ3n) is 3.87. The van der Waals surface area contributed by atoms with E-state index in [2.05, 4.69) is 21.3 Å². The molecular formula is C16H22N4. The van der Waals surface area contributed by atoms with Gasteiger partial charge in [0.15, 0.2) is 0 Å². The summed E-state index contributed by atoms with van der Waals surface area (Å²) < 4.78 is 0. The van der Waals surface area contributed by atoms with Crippen molar-refractivity contribution < 1.29 is 0 Å². The molecule has 4 nitrogen and oxygen atoms in total. The van der Waals surface area contributed by atoms with Gasteiger partial charge in [-0.15, -0.1) is 0 Å². The maximum absolute atomic E-state index is 5.77. The highest BCUT2D eigenvalue weighted by molar-refractivity contribution is 5.83. The molecule has 1 aromatic heterocycles. The first-order chi connectivity index (χ1) is 9.81. The van der Waals surface area contributed by atoms with Crippen molar-refractivity contribution in [1.29, 1.82) is 0 Å². The molecule has 1 saturated heterocycles. The van der Waals surface area contributed by atoms with Crippen molar-refractivity contribution in [2.45, 2.75) is 19.3 Å². The van der Waals surface area contributed by atoms with E-state index in [1.165, 1.54) is 38.9 Å². The molecule has 0 unspecified atom stereocenters. The summed E-state index contributed by atoms with van der Waals surface area (Å²) in [7, 11) is 0. The number of nitrogens with zero attached hydrogens (tertiary/aromatic N) is 2. The maximum Gasteiger partial charge on any atom is 0.126 e. The molecular weight excluding hydrogens is 248 g/mol. The molecule has 2 aromatic rings. The van der Waals surface area contributed by atoms with Crippen molar-refractivity contribution in [2.24, 2.45) is 0 Å². The number of nitrogens with two attached hydrogens (primary N) is 1. The summed E-state index contributed by atoms with van der Waals surface area (Å²) in [6, 6.07) is 9.92. The van der Waals surface area contributed by atoms with Crippen LogP contribution in [0.1, 0.15) is 19.3 Å². The van der Waals surface area contributed by atoms with Crippen molar-refractivity contribution in [1.82, 2.24) is 9.88 Å². The van der Waals surface area contributed by atoms with Gasteiger partial charge in [-0.3, -0.25) is 0 Å². The molecule has 0 radical (unpaired) electrons. The largest absolute Gasteiger partial charge is 0.399 e. The Morgan fingerprint density at radius 2 is 2.00 bits per heavy atom.